The summed E-state index contributed by atoms with van der Waals surface area (Å²) in [5.41, 5.74) is 3.33. The summed E-state index contributed by atoms with van der Waals surface area (Å²) in [6.07, 6.45) is 3.33. The summed E-state index contributed by atoms with van der Waals surface area (Å²) in [4.78, 5) is 34.2. The molecule has 4 rings (SSSR count). The maximum atomic E-state index is 13.2. The number of urea groups is 1. The molecular weight excluding hydrogens is 395 g/mol. The van der Waals surface area contributed by atoms with Crippen LogP contribution in [0.5, 0.6) is 0 Å². The van der Waals surface area contributed by atoms with E-state index in [0.29, 0.717) is 11.3 Å². The lowest BCUT2D eigenvalue weighted by Gasteiger charge is -2.23. The number of carbonyl (C=O) groups excluding carboxylic acids is 1. The highest BCUT2D eigenvalue weighted by atomic mass is 19.1. The Labute approximate surface area is 178 Å². The number of aromatic nitrogens is 2. The average molecular weight is 416 g/mol. The van der Waals surface area contributed by atoms with E-state index in [-0.39, 0.29) is 24.5 Å². The van der Waals surface area contributed by atoms with Crippen molar-refractivity contribution in [1.82, 2.24) is 14.9 Å². The fourth-order valence-electron chi connectivity index (χ4n) is 3.34. The van der Waals surface area contributed by atoms with Gasteiger partial charge in [0.2, 0.25) is 0 Å². The van der Waals surface area contributed by atoms with Gasteiger partial charge in [0, 0.05) is 35.7 Å². The van der Waals surface area contributed by atoms with Gasteiger partial charge in [-0.1, -0.05) is 17.7 Å². The van der Waals surface area contributed by atoms with Gasteiger partial charge in [0.1, 0.15) is 5.82 Å². The molecule has 0 aliphatic heterocycles. The first-order valence-corrected chi connectivity index (χ1v) is 9.81. The van der Waals surface area contributed by atoms with Crippen molar-refractivity contribution >= 4 is 22.6 Å². The van der Waals surface area contributed by atoms with Crippen LogP contribution >= 0.6 is 0 Å². The number of carbonyl (C=O) groups is 1. The van der Waals surface area contributed by atoms with Crippen molar-refractivity contribution in [2.45, 2.75) is 20.0 Å². The first-order chi connectivity index (χ1) is 15.0. The summed E-state index contributed by atoms with van der Waals surface area (Å²) in [5.74, 6) is -0.386. The molecule has 0 aliphatic carbocycles. The van der Waals surface area contributed by atoms with Crippen LogP contribution in [0.1, 0.15) is 16.7 Å². The molecular formula is C24H21FN4O2. The lowest BCUT2D eigenvalue weighted by Crippen LogP contribution is -2.35. The van der Waals surface area contributed by atoms with Gasteiger partial charge in [-0.15, -0.1) is 0 Å². The Morgan fingerprint density at radius 1 is 1.10 bits per heavy atom. The predicted molar refractivity (Wildman–Crippen MR) is 118 cm³/mol. The number of nitrogens with zero attached hydrogens (tertiary/aromatic N) is 2. The third kappa shape index (κ3) is 4.95. The quantitative estimate of drug-likeness (QED) is 0.499. The number of aryl methyl sites for hydroxylation is 1. The van der Waals surface area contributed by atoms with Crippen molar-refractivity contribution in [3.63, 3.8) is 0 Å². The highest BCUT2D eigenvalue weighted by molar-refractivity contribution is 5.89. The zero-order valence-corrected chi connectivity index (χ0v) is 16.9. The first kappa shape index (κ1) is 20.3. The van der Waals surface area contributed by atoms with Gasteiger partial charge in [-0.3, -0.25) is 9.78 Å². The molecule has 0 atom stereocenters. The van der Waals surface area contributed by atoms with Crippen molar-refractivity contribution in [3.05, 3.63) is 106 Å². The molecule has 7 heteroatoms. The molecule has 0 unspecified atom stereocenters. The molecule has 0 spiro atoms. The average Bonchev–Trinajstić information content (AvgIpc) is 2.76. The maximum Gasteiger partial charge on any atom is 0.322 e. The minimum Gasteiger partial charge on any atom is -0.322 e. The van der Waals surface area contributed by atoms with Crippen LogP contribution in [0.15, 0.2) is 77.9 Å². The third-order valence-corrected chi connectivity index (χ3v) is 4.92. The number of hydrogen-bond acceptors (Lipinski definition) is 3. The zero-order valence-electron chi connectivity index (χ0n) is 16.9. The Morgan fingerprint density at radius 2 is 1.90 bits per heavy atom. The molecule has 6 nitrogen and oxygen atoms in total. The molecule has 0 fully saturated rings. The molecule has 0 aliphatic rings. The maximum absolute atomic E-state index is 13.2. The number of H-pyrrole nitrogens is 1. The van der Waals surface area contributed by atoms with Crippen LogP contribution in [-0.4, -0.2) is 20.9 Å². The molecule has 0 bridgehead atoms. The lowest BCUT2D eigenvalue weighted by molar-refractivity contribution is 0.206. The van der Waals surface area contributed by atoms with Crippen molar-refractivity contribution < 1.29 is 9.18 Å². The Morgan fingerprint density at radius 3 is 2.65 bits per heavy atom. The molecule has 0 saturated carbocycles. The van der Waals surface area contributed by atoms with E-state index in [1.807, 2.05) is 37.3 Å². The predicted octanol–water partition coefficient (Wildman–Crippen LogP) is 4.60. The Balaban J connectivity index is 1.64. The Kier molecular flexibility index (Phi) is 5.75. The van der Waals surface area contributed by atoms with Crippen molar-refractivity contribution in [3.8, 4) is 0 Å². The monoisotopic (exact) mass is 416 g/mol. The van der Waals surface area contributed by atoms with Crippen molar-refractivity contribution in [2.24, 2.45) is 0 Å². The summed E-state index contributed by atoms with van der Waals surface area (Å²) in [6.45, 7) is 2.34. The summed E-state index contributed by atoms with van der Waals surface area (Å²) in [5, 5.41) is 3.66. The van der Waals surface area contributed by atoms with Crippen LogP contribution in [-0.2, 0) is 13.1 Å². The highest BCUT2D eigenvalue weighted by Gasteiger charge is 2.17. The van der Waals surface area contributed by atoms with Gasteiger partial charge >= 0.3 is 6.03 Å². The number of hydrogen-bond donors (Lipinski definition) is 2. The third-order valence-electron chi connectivity index (χ3n) is 4.92. The molecule has 31 heavy (non-hydrogen) atoms. The minimum atomic E-state index is -0.404. The molecule has 2 N–H and O–H groups in total. The second-order valence-electron chi connectivity index (χ2n) is 7.37. The van der Waals surface area contributed by atoms with E-state index >= 15 is 0 Å². The van der Waals surface area contributed by atoms with Crippen LogP contribution in [0.3, 0.4) is 0 Å². The molecule has 2 heterocycles. The SMILES string of the molecule is Cc1ccc2[nH]c(=O)c(CN(Cc3cccnc3)C(=O)Nc3ccc(F)cc3)cc2c1. The van der Waals surface area contributed by atoms with Crippen LogP contribution in [0.25, 0.3) is 10.9 Å². The van der Waals surface area contributed by atoms with Crippen LogP contribution < -0.4 is 10.9 Å². The van der Waals surface area contributed by atoms with Crippen LogP contribution in [0.4, 0.5) is 14.9 Å². The van der Waals surface area contributed by atoms with Gasteiger partial charge in [0.25, 0.3) is 5.56 Å². The molecule has 0 radical (unpaired) electrons. The van der Waals surface area contributed by atoms with E-state index in [9.17, 15) is 14.0 Å². The lowest BCUT2D eigenvalue weighted by atomic mass is 10.1. The van der Waals surface area contributed by atoms with Crippen LogP contribution in [0.2, 0.25) is 0 Å². The van der Waals surface area contributed by atoms with E-state index in [1.165, 1.54) is 29.2 Å². The van der Waals surface area contributed by atoms with Gasteiger partial charge in [-0.2, -0.15) is 0 Å². The molecule has 4 aromatic rings. The van der Waals surface area contributed by atoms with E-state index in [2.05, 4.69) is 15.3 Å². The fourth-order valence-corrected chi connectivity index (χ4v) is 3.34. The second kappa shape index (κ2) is 8.79. The second-order valence-corrected chi connectivity index (χ2v) is 7.37. The van der Waals surface area contributed by atoms with E-state index in [4.69, 9.17) is 0 Å². The number of rotatable bonds is 5. The Hall–Kier alpha value is -4.00. The molecule has 2 aromatic carbocycles. The molecule has 156 valence electrons. The number of amides is 2. The molecule has 2 aromatic heterocycles. The highest BCUT2D eigenvalue weighted by Crippen LogP contribution is 2.16. The standard InChI is InChI=1S/C24H21FN4O2/c1-16-4-9-22-18(11-16)12-19(23(30)28-22)15-29(14-17-3-2-10-26-13-17)24(31)27-21-7-5-20(25)6-8-21/h2-13H,14-15H2,1H3,(H,27,31)(H,28,30). The van der Waals surface area contributed by atoms with E-state index < -0.39 is 6.03 Å². The number of aromatic amines is 1. The Bertz CT molecular complexity index is 1270. The minimum absolute atomic E-state index is 0.0984. The van der Waals surface area contributed by atoms with Crippen molar-refractivity contribution in [2.75, 3.05) is 5.32 Å². The van der Waals surface area contributed by atoms with Crippen molar-refractivity contribution in [1.29, 1.82) is 0 Å². The van der Waals surface area contributed by atoms with E-state index in [0.717, 1.165) is 22.0 Å². The topological polar surface area (TPSA) is 78.1 Å². The number of benzene rings is 2. The normalized spacial score (nSPS) is 10.8. The summed E-state index contributed by atoms with van der Waals surface area (Å²) in [6, 6.07) is 16.4. The van der Waals surface area contributed by atoms with Gasteiger partial charge in [-0.25, -0.2) is 9.18 Å². The summed E-state index contributed by atoms with van der Waals surface area (Å²) in [7, 11) is 0. The zero-order chi connectivity index (χ0) is 21.8. The number of anilines is 1. The van der Waals surface area contributed by atoms with Gasteiger partial charge in [0.05, 0.1) is 6.54 Å². The van der Waals surface area contributed by atoms with Gasteiger partial charge in [0.15, 0.2) is 0 Å². The number of halogens is 1. The van der Waals surface area contributed by atoms with Crippen LogP contribution in [0, 0.1) is 12.7 Å². The van der Waals surface area contributed by atoms with Gasteiger partial charge < -0.3 is 15.2 Å². The summed E-state index contributed by atoms with van der Waals surface area (Å²) >= 11 is 0. The first-order valence-electron chi connectivity index (χ1n) is 9.81. The number of fused-ring (bicyclic) bond motifs is 1. The fraction of sp³-hybridized carbons (Fsp3) is 0.125. The largest absolute Gasteiger partial charge is 0.322 e. The van der Waals surface area contributed by atoms with E-state index in [1.54, 1.807) is 18.5 Å². The molecule has 2 amide bonds. The number of pyridine rings is 2. The van der Waals surface area contributed by atoms with Gasteiger partial charge in [-0.05, 0) is 66.4 Å². The summed E-state index contributed by atoms with van der Waals surface area (Å²) < 4.78 is 13.2. The molecule has 0 saturated heterocycles. The number of nitrogens with one attached hydrogen (secondary N) is 2. The smallest absolute Gasteiger partial charge is 0.322 e.